The van der Waals surface area contributed by atoms with E-state index < -0.39 is 6.10 Å². The number of H-pyrrole nitrogens is 1. The lowest BCUT2D eigenvalue weighted by Gasteiger charge is -2.19. The van der Waals surface area contributed by atoms with Gasteiger partial charge in [0.1, 0.15) is 24.0 Å². The van der Waals surface area contributed by atoms with Crippen molar-refractivity contribution in [1.82, 2.24) is 24.7 Å². The number of imidazole rings is 1. The molecule has 0 radical (unpaired) electrons. The van der Waals surface area contributed by atoms with Crippen molar-refractivity contribution in [2.24, 2.45) is 0 Å². The average molecular weight is 313 g/mol. The minimum Gasteiger partial charge on any atom is -0.388 e. The maximum absolute atomic E-state index is 9.91. The summed E-state index contributed by atoms with van der Waals surface area (Å²) in [7, 11) is 0. The summed E-state index contributed by atoms with van der Waals surface area (Å²) in [5.74, 6) is 0.764. The van der Waals surface area contributed by atoms with Crippen LogP contribution in [-0.4, -0.2) is 61.4 Å². The van der Waals surface area contributed by atoms with Crippen molar-refractivity contribution in [2.45, 2.75) is 24.4 Å². The van der Waals surface area contributed by atoms with Gasteiger partial charge >= 0.3 is 0 Å². The summed E-state index contributed by atoms with van der Waals surface area (Å²) in [6.45, 7) is 0.798. The van der Waals surface area contributed by atoms with Crippen LogP contribution in [0.15, 0.2) is 30.7 Å². The van der Waals surface area contributed by atoms with Crippen LogP contribution < -0.4 is 0 Å². The number of fused-ring (bicyclic) bond motifs is 2. The lowest BCUT2D eigenvalue weighted by Crippen LogP contribution is -2.30. The zero-order chi connectivity index (χ0) is 15.4. The second kappa shape index (κ2) is 4.85. The number of aliphatic hydroxyl groups is 1. The van der Waals surface area contributed by atoms with Crippen molar-refractivity contribution in [3.05, 3.63) is 30.7 Å². The van der Waals surface area contributed by atoms with E-state index in [0.717, 1.165) is 16.9 Å². The van der Waals surface area contributed by atoms with Gasteiger partial charge in [-0.25, -0.2) is 9.97 Å². The molecule has 0 unspecified atom stereocenters. The van der Waals surface area contributed by atoms with Gasteiger partial charge in [0, 0.05) is 24.0 Å². The molecule has 5 rings (SSSR count). The minimum atomic E-state index is -0.561. The summed E-state index contributed by atoms with van der Waals surface area (Å²) < 4.78 is 13.5. The number of hydrogen-bond donors (Lipinski definition) is 2. The van der Waals surface area contributed by atoms with Crippen LogP contribution in [0.4, 0.5) is 0 Å². The molecule has 2 N–H and O–H groups in total. The normalized spacial score (nSPS) is 30.1. The first-order valence-corrected chi connectivity index (χ1v) is 7.56. The Kier molecular flexibility index (Phi) is 2.78. The van der Waals surface area contributed by atoms with E-state index >= 15 is 0 Å². The summed E-state index contributed by atoms with van der Waals surface area (Å²) in [5, 5.41) is 18.1. The monoisotopic (exact) mass is 313 g/mol. The Morgan fingerprint density at radius 3 is 3.04 bits per heavy atom. The predicted octanol–water partition coefficient (Wildman–Crippen LogP) is 0.521. The molecule has 0 aliphatic carbocycles. The molecule has 0 aromatic carbocycles. The standard InChI is InChI=1S/C15H15N5O3/c21-10-7-23-12-9(6-22-13(10)12)20-5-4-17-15(20)11-8-2-1-3-16-14(8)19-18-11/h1-5,9-10,12-13,21H,6-7H2,(H,16,18,19)/t9-,10+,12+,13+/m0/s1. The summed E-state index contributed by atoms with van der Waals surface area (Å²) in [5.41, 5.74) is 1.48. The minimum absolute atomic E-state index is 0.0235. The molecule has 0 saturated carbocycles. The first-order valence-electron chi connectivity index (χ1n) is 7.56. The summed E-state index contributed by atoms with van der Waals surface area (Å²) in [6, 6.07) is 3.81. The molecule has 2 aliphatic rings. The predicted molar refractivity (Wildman–Crippen MR) is 79.6 cm³/mol. The summed E-state index contributed by atoms with van der Waals surface area (Å²) in [4.78, 5) is 8.72. The molecule has 8 heteroatoms. The van der Waals surface area contributed by atoms with Crippen LogP contribution in [0.25, 0.3) is 22.6 Å². The third-order valence-electron chi connectivity index (χ3n) is 4.58. The molecule has 3 aromatic heterocycles. The van der Waals surface area contributed by atoms with Gasteiger partial charge in [0.05, 0.1) is 19.3 Å². The fourth-order valence-electron chi connectivity index (χ4n) is 3.49. The van der Waals surface area contributed by atoms with Gasteiger partial charge in [-0.3, -0.25) is 5.10 Å². The van der Waals surface area contributed by atoms with E-state index in [2.05, 4.69) is 20.2 Å². The number of pyridine rings is 1. The summed E-state index contributed by atoms with van der Waals surface area (Å²) in [6.07, 6.45) is 4.37. The van der Waals surface area contributed by atoms with Crippen LogP contribution >= 0.6 is 0 Å². The molecule has 0 amide bonds. The van der Waals surface area contributed by atoms with Gasteiger partial charge in [-0.2, -0.15) is 5.10 Å². The first kappa shape index (κ1) is 13.2. The number of hydrogen-bond acceptors (Lipinski definition) is 6. The van der Waals surface area contributed by atoms with Crippen LogP contribution in [0.5, 0.6) is 0 Å². The second-order valence-electron chi connectivity index (χ2n) is 5.86. The van der Waals surface area contributed by atoms with E-state index in [0.29, 0.717) is 18.9 Å². The van der Waals surface area contributed by atoms with Crippen molar-refractivity contribution in [3.8, 4) is 11.5 Å². The molecule has 23 heavy (non-hydrogen) atoms. The molecule has 5 heterocycles. The van der Waals surface area contributed by atoms with Gasteiger partial charge in [0.2, 0.25) is 0 Å². The first-order chi connectivity index (χ1) is 11.3. The Morgan fingerprint density at radius 2 is 2.09 bits per heavy atom. The van der Waals surface area contributed by atoms with Crippen LogP contribution in [0.3, 0.4) is 0 Å². The highest BCUT2D eigenvalue weighted by Gasteiger charge is 2.48. The number of aromatic nitrogens is 5. The highest BCUT2D eigenvalue weighted by atomic mass is 16.6. The number of aliphatic hydroxyl groups excluding tert-OH is 1. The topological polar surface area (TPSA) is 98.1 Å². The third-order valence-corrected chi connectivity index (χ3v) is 4.58. The Hall–Kier alpha value is -2.29. The van der Waals surface area contributed by atoms with Crippen LogP contribution in [0.1, 0.15) is 6.04 Å². The molecule has 0 bridgehead atoms. The zero-order valence-corrected chi connectivity index (χ0v) is 12.2. The number of nitrogens with one attached hydrogen (secondary N) is 1. The quantitative estimate of drug-likeness (QED) is 0.716. The van der Waals surface area contributed by atoms with Gasteiger partial charge in [-0.15, -0.1) is 0 Å². The van der Waals surface area contributed by atoms with E-state index in [-0.39, 0.29) is 18.2 Å². The molecular weight excluding hydrogens is 298 g/mol. The van der Waals surface area contributed by atoms with Gasteiger partial charge in [0.25, 0.3) is 0 Å². The maximum Gasteiger partial charge on any atom is 0.181 e. The van der Waals surface area contributed by atoms with Crippen molar-refractivity contribution < 1.29 is 14.6 Å². The van der Waals surface area contributed by atoms with Crippen molar-refractivity contribution in [1.29, 1.82) is 0 Å². The van der Waals surface area contributed by atoms with Gasteiger partial charge < -0.3 is 19.1 Å². The van der Waals surface area contributed by atoms with Crippen LogP contribution in [0, 0.1) is 0 Å². The van der Waals surface area contributed by atoms with E-state index in [1.165, 1.54) is 0 Å². The molecule has 4 atom stereocenters. The number of ether oxygens (including phenoxy) is 2. The van der Waals surface area contributed by atoms with Gasteiger partial charge in [-0.1, -0.05) is 0 Å². The highest BCUT2D eigenvalue weighted by molar-refractivity contribution is 5.88. The van der Waals surface area contributed by atoms with Crippen molar-refractivity contribution >= 4 is 11.0 Å². The lowest BCUT2D eigenvalue weighted by atomic mass is 10.1. The summed E-state index contributed by atoms with van der Waals surface area (Å²) >= 11 is 0. The van der Waals surface area contributed by atoms with Crippen LogP contribution in [-0.2, 0) is 9.47 Å². The maximum atomic E-state index is 9.91. The molecule has 3 aromatic rings. The number of aromatic amines is 1. The number of nitrogens with zero attached hydrogens (tertiary/aromatic N) is 4. The zero-order valence-electron chi connectivity index (χ0n) is 12.2. The van der Waals surface area contributed by atoms with Crippen LogP contribution in [0.2, 0.25) is 0 Å². The Morgan fingerprint density at radius 1 is 1.17 bits per heavy atom. The lowest BCUT2D eigenvalue weighted by molar-refractivity contribution is 0.0172. The Bertz CT molecular complexity index is 860. The average Bonchev–Trinajstić information content (AvgIpc) is 3.30. The molecule has 8 nitrogen and oxygen atoms in total. The van der Waals surface area contributed by atoms with E-state index in [1.807, 2.05) is 22.9 Å². The molecular formula is C15H15N5O3. The molecule has 0 spiro atoms. The fourth-order valence-corrected chi connectivity index (χ4v) is 3.49. The molecule has 2 saturated heterocycles. The van der Waals surface area contributed by atoms with E-state index in [4.69, 9.17) is 9.47 Å². The molecule has 2 fully saturated rings. The van der Waals surface area contributed by atoms with Crippen molar-refractivity contribution in [2.75, 3.05) is 13.2 Å². The van der Waals surface area contributed by atoms with E-state index in [1.54, 1.807) is 12.4 Å². The Labute approximate surface area is 131 Å². The third kappa shape index (κ3) is 1.86. The fraction of sp³-hybridized carbons (Fsp3) is 0.400. The smallest absolute Gasteiger partial charge is 0.181 e. The van der Waals surface area contributed by atoms with E-state index in [9.17, 15) is 5.11 Å². The highest BCUT2D eigenvalue weighted by Crippen LogP contribution is 2.36. The Balaban J connectivity index is 1.58. The van der Waals surface area contributed by atoms with Gasteiger partial charge in [-0.05, 0) is 12.1 Å². The SMILES string of the molecule is O[C@@H]1CO[C@H]2[C@@H]1OC[C@@H]2n1ccnc1-c1[nH]nc2ncccc12. The molecule has 118 valence electrons. The van der Waals surface area contributed by atoms with Crippen molar-refractivity contribution in [3.63, 3.8) is 0 Å². The van der Waals surface area contributed by atoms with Gasteiger partial charge in [0.15, 0.2) is 11.5 Å². The second-order valence-corrected chi connectivity index (χ2v) is 5.86. The molecule has 2 aliphatic heterocycles. The number of rotatable bonds is 2. The largest absolute Gasteiger partial charge is 0.388 e.